The molecule has 0 saturated carbocycles. The number of ketones is 1. The largest absolute Gasteiger partial charge is 0.463 e. The number of ether oxygens (including phenoxy) is 2. The van der Waals surface area contributed by atoms with Gasteiger partial charge >= 0.3 is 11.9 Å². The molecule has 1 heterocycles. The molecule has 8 heteroatoms. The van der Waals surface area contributed by atoms with Gasteiger partial charge in [-0.05, 0) is 57.1 Å². The molecule has 1 aliphatic heterocycles. The third kappa shape index (κ3) is 7.59. The Labute approximate surface area is 183 Å². The number of carbonyl (C=O) groups excluding carboxylic acids is 3. The van der Waals surface area contributed by atoms with Crippen molar-refractivity contribution < 1.29 is 23.9 Å². The highest BCUT2D eigenvalue weighted by Gasteiger charge is 2.31. The van der Waals surface area contributed by atoms with E-state index in [0.29, 0.717) is 40.5 Å². The van der Waals surface area contributed by atoms with E-state index in [1.165, 1.54) is 6.92 Å². The van der Waals surface area contributed by atoms with Crippen LogP contribution in [0.2, 0.25) is 0 Å². The molecule has 1 aliphatic rings. The Morgan fingerprint density at radius 1 is 1.17 bits per heavy atom. The summed E-state index contributed by atoms with van der Waals surface area (Å²) in [6.45, 7) is 9.24. The topological polar surface area (TPSA) is 93.7 Å². The van der Waals surface area contributed by atoms with Gasteiger partial charge in [0.15, 0.2) is 5.11 Å². The van der Waals surface area contributed by atoms with Gasteiger partial charge < -0.3 is 24.9 Å². The second-order valence-corrected chi connectivity index (χ2v) is 6.80. The highest BCUT2D eigenvalue weighted by atomic mass is 32.1. The fourth-order valence-corrected chi connectivity index (χ4v) is 3.12. The molecule has 0 amide bonds. The van der Waals surface area contributed by atoms with Crippen LogP contribution in [0, 0.1) is 0 Å². The van der Waals surface area contributed by atoms with Crippen LogP contribution in [-0.2, 0) is 19.1 Å². The van der Waals surface area contributed by atoms with E-state index in [0.717, 1.165) is 0 Å². The summed E-state index contributed by atoms with van der Waals surface area (Å²) in [5, 5.41) is 6.39. The Hall–Kier alpha value is -2.74. The van der Waals surface area contributed by atoms with Crippen LogP contribution < -0.4 is 15.4 Å². The zero-order valence-corrected chi connectivity index (χ0v) is 19.0. The minimum Gasteiger partial charge on any atom is -0.463 e. The Balaban J connectivity index is 0.00000218. The first-order chi connectivity index (χ1) is 14.3. The zero-order valence-electron chi connectivity index (χ0n) is 18.2. The van der Waals surface area contributed by atoms with Gasteiger partial charge in [0.1, 0.15) is 11.5 Å². The minimum absolute atomic E-state index is 0.0383. The molecule has 7 nitrogen and oxygen atoms in total. The lowest BCUT2D eigenvalue weighted by molar-refractivity contribution is -0.139. The summed E-state index contributed by atoms with van der Waals surface area (Å²) < 4.78 is 10.5. The normalized spacial score (nSPS) is 15.2. The van der Waals surface area contributed by atoms with Gasteiger partial charge in [-0.3, -0.25) is 4.79 Å². The summed E-state index contributed by atoms with van der Waals surface area (Å²) in [6.07, 6.45) is 0.956. The molecule has 0 aromatic heterocycles. The third-order valence-corrected chi connectivity index (χ3v) is 4.32. The molecular weight excluding hydrogens is 404 g/mol. The van der Waals surface area contributed by atoms with Crippen molar-refractivity contribution in [3.63, 3.8) is 0 Å². The number of hydrogen-bond acceptors (Lipinski definition) is 6. The number of allylic oxidation sites excluding steroid dienone is 1. The predicted octanol–water partition coefficient (Wildman–Crippen LogP) is 3.73. The highest BCUT2D eigenvalue weighted by molar-refractivity contribution is 7.80. The average Bonchev–Trinajstić information content (AvgIpc) is 2.69. The molecule has 164 valence electrons. The van der Waals surface area contributed by atoms with E-state index in [1.807, 2.05) is 19.9 Å². The van der Waals surface area contributed by atoms with Gasteiger partial charge in [0.25, 0.3) is 0 Å². The quantitative estimate of drug-likeness (QED) is 0.363. The van der Waals surface area contributed by atoms with Crippen molar-refractivity contribution in [3.8, 4) is 5.75 Å². The molecule has 0 radical (unpaired) electrons. The van der Waals surface area contributed by atoms with Crippen molar-refractivity contribution in [1.82, 2.24) is 10.6 Å². The highest BCUT2D eigenvalue weighted by Crippen LogP contribution is 2.29. The van der Waals surface area contributed by atoms with Crippen LogP contribution in [0.3, 0.4) is 0 Å². The van der Waals surface area contributed by atoms with Crippen molar-refractivity contribution in [1.29, 1.82) is 0 Å². The fourth-order valence-electron chi connectivity index (χ4n) is 2.85. The van der Waals surface area contributed by atoms with Crippen molar-refractivity contribution in [2.24, 2.45) is 0 Å². The molecule has 0 bridgehead atoms. The van der Waals surface area contributed by atoms with E-state index < -0.39 is 18.0 Å². The molecule has 2 N–H and O–H groups in total. The monoisotopic (exact) mass is 434 g/mol. The lowest BCUT2D eigenvalue weighted by Crippen LogP contribution is -2.45. The maximum Gasteiger partial charge on any atom is 0.338 e. The maximum atomic E-state index is 12.4. The summed E-state index contributed by atoms with van der Waals surface area (Å²) in [5.74, 6) is -0.461. The van der Waals surface area contributed by atoms with Gasteiger partial charge in [0.05, 0.1) is 18.2 Å². The molecule has 2 rings (SSSR count). The molecule has 1 atom stereocenters. The number of carbonyl (C=O) groups is 3. The van der Waals surface area contributed by atoms with Gasteiger partial charge in [-0.15, -0.1) is 0 Å². The smallest absolute Gasteiger partial charge is 0.338 e. The maximum absolute atomic E-state index is 12.4. The van der Waals surface area contributed by atoms with Gasteiger partial charge in [0, 0.05) is 18.5 Å². The number of esters is 2. The van der Waals surface area contributed by atoms with E-state index in [2.05, 4.69) is 10.6 Å². The third-order valence-electron chi connectivity index (χ3n) is 4.10. The molecule has 0 fully saturated rings. The van der Waals surface area contributed by atoms with Crippen LogP contribution in [0.1, 0.15) is 65.5 Å². The first-order valence-corrected chi connectivity index (χ1v) is 10.5. The molecular formula is C22H30N2O5S. The van der Waals surface area contributed by atoms with Crippen molar-refractivity contribution in [3.05, 3.63) is 41.1 Å². The van der Waals surface area contributed by atoms with Crippen LogP contribution in [0.15, 0.2) is 35.5 Å². The zero-order chi connectivity index (χ0) is 22.7. The van der Waals surface area contributed by atoms with Gasteiger partial charge in [0.2, 0.25) is 0 Å². The van der Waals surface area contributed by atoms with Crippen LogP contribution in [0.4, 0.5) is 0 Å². The summed E-state index contributed by atoms with van der Waals surface area (Å²) in [5.41, 5.74) is 1.74. The standard InChI is InChI=1S/C20H24N2O5S.C2H6/c1-4-26-19(25)17-13(3)21-20(28)22-18(17)14-8-6-9-15(11-14)27-16(24)10-5-7-12(2)23;1-2/h6,8-9,11,18H,4-5,7,10H2,1-3H3,(H2,21,22,28);1-2H3. The first-order valence-electron chi connectivity index (χ1n) is 10.1. The summed E-state index contributed by atoms with van der Waals surface area (Å²) >= 11 is 5.21. The summed E-state index contributed by atoms with van der Waals surface area (Å²) in [7, 11) is 0. The minimum atomic E-state index is -0.524. The number of thiocarbonyl (C=S) groups is 1. The molecule has 0 spiro atoms. The van der Waals surface area contributed by atoms with Crippen molar-refractivity contribution in [2.45, 2.75) is 59.9 Å². The van der Waals surface area contributed by atoms with Crippen molar-refractivity contribution >= 4 is 35.1 Å². The predicted molar refractivity (Wildman–Crippen MR) is 119 cm³/mol. The molecule has 30 heavy (non-hydrogen) atoms. The van der Waals surface area contributed by atoms with E-state index in [1.54, 1.807) is 32.0 Å². The lowest BCUT2D eigenvalue weighted by Gasteiger charge is -2.30. The molecule has 0 aliphatic carbocycles. The number of hydrogen-bond donors (Lipinski definition) is 2. The SMILES string of the molecule is CC.CCOC(=O)C1=C(C)NC(=S)NC1c1cccc(OC(=O)CCCC(C)=O)c1. The first kappa shape index (κ1) is 25.3. The van der Waals surface area contributed by atoms with E-state index in [-0.39, 0.29) is 18.8 Å². The second kappa shape index (κ2) is 12.7. The van der Waals surface area contributed by atoms with Gasteiger partial charge in [-0.25, -0.2) is 4.79 Å². The number of Topliss-reactive ketones (excluding diaryl/α,β-unsaturated/α-hetero) is 1. The van der Waals surface area contributed by atoms with Crippen LogP contribution >= 0.6 is 12.2 Å². The molecule has 1 aromatic carbocycles. The van der Waals surface area contributed by atoms with E-state index in [4.69, 9.17) is 21.7 Å². The summed E-state index contributed by atoms with van der Waals surface area (Å²) in [6, 6.07) is 6.36. The Kier molecular flexibility index (Phi) is 10.7. The summed E-state index contributed by atoms with van der Waals surface area (Å²) in [4.78, 5) is 35.4. The number of nitrogens with one attached hydrogen (secondary N) is 2. The Morgan fingerprint density at radius 3 is 2.50 bits per heavy atom. The van der Waals surface area contributed by atoms with Crippen molar-refractivity contribution in [2.75, 3.05) is 6.61 Å². The second-order valence-electron chi connectivity index (χ2n) is 6.39. The average molecular weight is 435 g/mol. The van der Waals surface area contributed by atoms with Crippen LogP contribution in [0.25, 0.3) is 0 Å². The Morgan fingerprint density at radius 2 is 1.87 bits per heavy atom. The molecule has 1 unspecified atom stereocenters. The Bertz CT molecular complexity index is 820. The number of rotatable bonds is 8. The van der Waals surface area contributed by atoms with E-state index in [9.17, 15) is 14.4 Å². The van der Waals surface area contributed by atoms with Gasteiger partial charge in [-0.1, -0.05) is 26.0 Å². The fraction of sp³-hybridized carbons (Fsp3) is 0.455. The lowest BCUT2D eigenvalue weighted by atomic mass is 9.95. The molecule has 1 aromatic rings. The van der Waals surface area contributed by atoms with Crippen LogP contribution in [0.5, 0.6) is 5.75 Å². The number of benzene rings is 1. The molecule has 0 saturated heterocycles. The van der Waals surface area contributed by atoms with Crippen LogP contribution in [-0.4, -0.2) is 29.4 Å². The van der Waals surface area contributed by atoms with Gasteiger partial charge in [-0.2, -0.15) is 0 Å². The van der Waals surface area contributed by atoms with E-state index >= 15 is 0 Å².